The molecule has 0 bridgehead atoms. The summed E-state index contributed by atoms with van der Waals surface area (Å²) in [6, 6.07) is 12.4. The van der Waals surface area contributed by atoms with Crippen molar-refractivity contribution >= 4 is 39.2 Å². The van der Waals surface area contributed by atoms with Gasteiger partial charge < -0.3 is 4.90 Å². The maximum atomic E-state index is 13.3. The number of rotatable bonds is 6. The van der Waals surface area contributed by atoms with Crippen LogP contribution < -0.4 is 0 Å². The first-order valence-corrected chi connectivity index (χ1v) is 11.0. The molecule has 0 fully saturated rings. The lowest BCUT2D eigenvalue weighted by Crippen LogP contribution is -2.27. The van der Waals surface area contributed by atoms with Gasteiger partial charge >= 0.3 is 0 Å². The number of carbonyl (C=O) groups is 1. The molecule has 2 heterocycles. The van der Waals surface area contributed by atoms with Gasteiger partial charge in [0.25, 0.3) is 0 Å². The molecule has 30 heavy (non-hydrogen) atoms. The molecule has 4 aromatic rings. The minimum atomic E-state index is -0.302. The van der Waals surface area contributed by atoms with Crippen LogP contribution in [-0.4, -0.2) is 33.6 Å². The molecule has 0 atom stereocenters. The Kier molecular flexibility index (Phi) is 6.06. The van der Waals surface area contributed by atoms with Gasteiger partial charge in [-0.05, 0) is 35.4 Å². The minimum Gasteiger partial charge on any atom is -0.341 e. The third kappa shape index (κ3) is 4.49. The van der Waals surface area contributed by atoms with E-state index in [1.54, 1.807) is 36.2 Å². The van der Waals surface area contributed by atoms with Crippen LogP contribution in [-0.2, 0) is 11.3 Å². The van der Waals surface area contributed by atoms with E-state index < -0.39 is 0 Å². The number of thiophene rings is 1. The lowest BCUT2D eigenvalue weighted by Gasteiger charge is -2.17. The molecule has 0 unspecified atom stereocenters. The summed E-state index contributed by atoms with van der Waals surface area (Å²) in [5, 5.41) is 3.55. The van der Waals surface area contributed by atoms with Crippen molar-refractivity contribution in [3.63, 3.8) is 0 Å². The van der Waals surface area contributed by atoms with E-state index in [4.69, 9.17) is 0 Å². The third-order valence-corrected chi connectivity index (χ3v) is 6.44. The number of thioether (sulfide) groups is 1. The van der Waals surface area contributed by atoms with Gasteiger partial charge in [-0.15, -0.1) is 11.3 Å². The highest BCUT2D eigenvalue weighted by atomic mass is 32.2. The molecule has 0 radical (unpaired) electrons. The van der Waals surface area contributed by atoms with Crippen LogP contribution in [0.2, 0.25) is 0 Å². The number of fused-ring (bicyclic) bond motifs is 1. The van der Waals surface area contributed by atoms with Crippen molar-refractivity contribution in [2.24, 2.45) is 0 Å². The molecular formula is C22H17F2N3OS2. The first-order chi connectivity index (χ1) is 14.5. The van der Waals surface area contributed by atoms with Gasteiger partial charge in [0.05, 0.1) is 11.1 Å². The van der Waals surface area contributed by atoms with Gasteiger partial charge in [-0.25, -0.2) is 18.7 Å². The quantitative estimate of drug-likeness (QED) is 0.297. The van der Waals surface area contributed by atoms with Crippen molar-refractivity contribution in [1.29, 1.82) is 0 Å². The fourth-order valence-electron chi connectivity index (χ4n) is 2.99. The summed E-state index contributed by atoms with van der Waals surface area (Å²) in [4.78, 5) is 23.7. The van der Waals surface area contributed by atoms with Crippen LogP contribution in [0.1, 0.15) is 5.56 Å². The number of aromatic nitrogens is 2. The molecule has 4 nitrogen and oxygen atoms in total. The summed E-state index contributed by atoms with van der Waals surface area (Å²) in [5.74, 6) is -0.444. The molecule has 0 aliphatic heterocycles. The number of benzene rings is 2. The first-order valence-electron chi connectivity index (χ1n) is 9.10. The highest BCUT2D eigenvalue weighted by Gasteiger charge is 2.16. The number of nitrogens with zero attached hydrogens (tertiary/aromatic N) is 3. The van der Waals surface area contributed by atoms with Crippen LogP contribution in [0.5, 0.6) is 0 Å². The van der Waals surface area contributed by atoms with Gasteiger partial charge in [0.15, 0.2) is 0 Å². The zero-order chi connectivity index (χ0) is 21.1. The Labute approximate surface area is 180 Å². The van der Waals surface area contributed by atoms with E-state index >= 15 is 0 Å². The third-order valence-electron chi connectivity index (χ3n) is 4.58. The van der Waals surface area contributed by atoms with Gasteiger partial charge in [0, 0.05) is 24.5 Å². The standard InChI is InChI=1S/C22H17F2N3OS2/c1-27(10-14-2-6-16(23)7-3-14)19(28)12-30-22-20-18(11-29-21(20)25-13-26-22)15-4-8-17(24)9-5-15/h2-9,11,13H,10,12H2,1H3. The molecule has 0 spiro atoms. The van der Waals surface area contributed by atoms with Crippen LogP contribution in [0.25, 0.3) is 21.3 Å². The van der Waals surface area contributed by atoms with Gasteiger partial charge in [-0.1, -0.05) is 36.0 Å². The van der Waals surface area contributed by atoms with E-state index in [9.17, 15) is 13.6 Å². The first kappa shape index (κ1) is 20.4. The number of halogens is 2. The van der Waals surface area contributed by atoms with Crippen LogP contribution in [0.4, 0.5) is 8.78 Å². The van der Waals surface area contributed by atoms with Crippen molar-refractivity contribution in [3.05, 3.63) is 77.4 Å². The Morgan fingerprint density at radius 3 is 2.40 bits per heavy atom. The predicted octanol–water partition coefficient (Wildman–Crippen LogP) is 5.39. The summed E-state index contributed by atoms with van der Waals surface area (Å²) in [6.07, 6.45) is 1.49. The maximum absolute atomic E-state index is 13.3. The van der Waals surface area contributed by atoms with E-state index in [1.165, 1.54) is 53.7 Å². The smallest absolute Gasteiger partial charge is 0.233 e. The summed E-state index contributed by atoms with van der Waals surface area (Å²) in [7, 11) is 1.72. The fraction of sp³-hybridized carbons (Fsp3) is 0.136. The van der Waals surface area contributed by atoms with Gasteiger partial charge in [0.2, 0.25) is 5.91 Å². The number of carbonyl (C=O) groups excluding carboxylic acids is 1. The van der Waals surface area contributed by atoms with Crippen molar-refractivity contribution in [1.82, 2.24) is 14.9 Å². The predicted molar refractivity (Wildman–Crippen MR) is 116 cm³/mol. The van der Waals surface area contributed by atoms with Crippen LogP contribution in [0.3, 0.4) is 0 Å². The maximum Gasteiger partial charge on any atom is 0.233 e. The Hall–Kier alpha value is -2.84. The zero-order valence-electron chi connectivity index (χ0n) is 16.0. The Morgan fingerprint density at radius 2 is 1.70 bits per heavy atom. The second-order valence-electron chi connectivity index (χ2n) is 6.68. The highest BCUT2D eigenvalue weighted by molar-refractivity contribution is 8.00. The van der Waals surface area contributed by atoms with Crippen molar-refractivity contribution in [2.75, 3.05) is 12.8 Å². The normalized spacial score (nSPS) is 11.0. The molecule has 1 amide bonds. The molecule has 2 aromatic carbocycles. The van der Waals surface area contributed by atoms with E-state index in [1.807, 2.05) is 5.38 Å². The second-order valence-corrected chi connectivity index (χ2v) is 8.50. The summed E-state index contributed by atoms with van der Waals surface area (Å²) in [6.45, 7) is 0.401. The molecule has 152 valence electrons. The molecule has 0 saturated carbocycles. The Morgan fingerprint density at radius 1 is 1.03 bits per heavy atom. The van der Waals surface area contributed by atoms with Gasteiger partial charge in [-0.2, -0.15) is 0 Å². The molecular weight excluding hydrogens is 424 g/mol. The van der Waals surface area contributed by atoms with Crippen LogP contribution >= 0.6 is 23.1 Å². The largest absolute Gasteiger partial charge is 0.341 e. The van der Waals surface area contributed by atoms with Crippen LogP contribution in [0, 0.1) is 11.6 Å². The molecule has 0 aliphatic rings. The summed E-state index contributed by atoms with van der Waals surface area (Å²) >= 11 is 2.83. The SMILES string of the molecule is CN(Cc1ccc(F)cc1)C(=O)CSc1ncnc2scc(-c3ccc(F)cc3)c12. The lowest BCUT2D eigenvalue weighted by atomic mass is 10.1. The average molecular weight is 442 g/mol. The van der Waals surface area contributed by atoms with Crippen LogP contribution in [0.15, 0.2) is 65.3 Å². The topological polar surface area (TPSA) is 46.1 Å². The number of hydrogen-bond donors (Lipinski definition) is 0. The van der Waals surface area contributed by atoms with Crippen molar-refractivity contribution in [3.8, 4) is 11.1 Å². The lowest BCUT2D eigenvalue weighted by molar-refractivity contribution is -0.127. The van der Waals surface area contributed by atoms with E-state index in [2.05, 4.69) is 9.97 Å². The van der Waals surface area contributed by atoms with Crippen molar-refractivity contribution < 1.29 is 13.6 Å². The number of hydrogen-bond acceptors (Lipinski definition) is 5. The summed E-state index contributed by atoms with van der Waals surface area (Å²) in [5.41, 5.74) is 2.65. The molecule has 0 aliphatic carbocycles. The van der Waals surface area contributed by atoms with E-state index in [0.29, 0.717) is 11.6 Å². The van der Waals surface area contributed by atoms with Crippen molar-refractivity contribution in [2.45, 2.75) is 11.6 Å². The zero-order valence-corrected chi connectivity index (χ0v) is 17.6. The molecule has 0 saturated heterocycles. The monoisotopic (exact) mass is 441 g/mol. The highest BCUT2D eigenvalue weighted by Crippen LogP contribution is 2.37. The molecule has 0 N–H and O–H groups in total. The van der Waals surface area contributed by atoms with E-state index in [-0.39, 0.29) is 23.3 Å². The molecule has 2 aromatic heterocycles. The minimum absolute atomic E-state index is 0.0605. The number of amides is 1. The summed E-state index contributed by atoms with van der Waals surface area (Å²) < 4.78 is 26.3. The second kappa shape index (κ2) is 8.89. The Balaban J connectivity index is 1.51. The molecule has 8 heteroatoms. The van der Waals surface area contributed by atoms with Gasteiger partial charge in [0.1, 0.15) is 27.8 Å². The Bertz CT molecular complexity index is 1180. The van der Waals surface area contributed by atoms with E-state index in [0.717, 1.165) is 26.9 Å². The molecule has 4 rings (SSSR count). The average Bonchev–Trinajstić information content (AvgIpc) is 3.19. The van der Waals surface area contributed by atoms with Gasteiger partial charge in [-0.3, -0.25) is 4.79 Å². The fourth-order valence-corrected chi connectivity index (χ4v) is 4.92.